The lowest BCUT2D eigenvalue weighted by atomic mass is 9.99. The maximum atomic E-state index is 14.4. The number of halogens is 2. The van der Waals surface area contributed by atoms with Gasteiger partial charge in [0, 0.05) is 25.2 Å². The first-order valence-corrected chi connectivity index (χ1v) is 18.6. The molecule has 0 saturated carbocycles. The lowest BCUT2D eigenvalue weighted by Gasteiger charge is -2.46. The van der Waals surface area contributed by atoms with E-state index >= 15 is 0 Å². The van der Waals surface area contributed by atoms with Gasteiger partial charge >= 0.3 is 6.03 Å². The van der Waals surface area contributed by atoms with Gasteiger partial charge in [0.05, 0.1) is 35.9 Å². The van der Waals surface area contributed by atoms with E-state index in [4.69, 9.17) is 23.2 Å². The number of piperazine rings is 1. The number of nitrogens with one attached hydrogen (secondary N) is 2. The highest BCUT2D eigenvalue weighted by atomic mass is 35.5. The number of benzene rings is 4. The van der Waals surface area contributed by atoms with E-state index in [2.05, 4.69) is 16.6 Å². The zero-order valence-electron chi connectivity index (χ0n) is 27.3. The number of hydrazine groups is 1. The van der Waals surface area contributed by atoms with Crippen molar-refractivity contribution in [2.75, 3.05) is 30.6 Å². The van der Waals surface area contributed by atoms with Crippen LogP contribution >= 0.6 is 23.2 Å². The van der Waals surface area contributed by atoms with Crippen LogP contribution in [0.3, 0.4) is 0 Å². The van der Waals surface area contributed by atoms with Gasteiger partial charge in [-0.2, -0.15) is 5.01 Å². The van der Waals surface area contributed by atoms with Crippen molar-refractivity contribution in [2.45, 2.75) is 31.7 Å². The number of amides is 4. The van der Waals surface area contributed by atoms with Gasteiger partial charge in [0.15, 0.2) is 0 Å². The molecule has 6 rings (SSSR count). The number of nitrogens with zero attached hydrogens (tertiary/aromatic N) is 4. The van der Waals surface area contributed by atoms with E-state index < -0.39 is 28.3 Å². The Hall–Kier alpha value is -4.62. The summed E-state index contributed by atoms with van der Waals surface area (Å²) in [7, 11) is -3.47. The van der Waals surface area contributed by atoms with Crippen LogP contribution < -0.4 is 10.0 Å². The minimum atomic E-state index is -3.47. The zero-order valence-corrected chi connectivity index (χ0v) is 29.6. The van der Waals surface area contributed by atoms with E-state index in [1.165, 1.54) is 5.01 Å². The van der Waals surface area contributed by atoms with Crippen LogP contribution in [0.1, 0.15) is 16.7 Å². The molecule has 2 fully saturated rings. The SMILES string of the molecule is C=CCN(C(=O)NCc1ccc(Cl)c(Cl)c1)N1CC(=O)N2[C@@H](Cc3ccc(NS(C)(=O)=O)cc3)C(=O)N(Cc3cccc4ccccc34)C[C@@H]21. The van der Waals surface area contributed by atoms with Crippen LogP contribution in [0.4, 0.5) is 10.5 Å². The van der Waals surface area contributed by atoms with Crippen LogP contribution in [0.15, 0.2) is 97.6 Å². The number of rotatable bonds is 11. The number of hydrogen-bond donors (Lipinski definition) is 2. The van der Waals surface area contributed by atoms with E-state index in [9.17, 15) is 22.8 Å². The first-order valence-electron chi connectivity index (χ1n) is 15.9. The van der Waals surface area contributed by atoms with E-state index in [1.54, 1.807) is 63.3 Å². The maximum absolute atomic E-state index is 14.4. The minimum Gasteiger partial charge on any atom is -0.333 e. The molecule has 2 N–H and O–H groups in total. The van der Waals surface area contributed by atoms with Gasteiger partial charge in [0.2, 0.25) is 21.8 Å². The van der Waals surface area contributed by atoms with Crippen molar-refractivity contribution in [3.8, 4) is 0 Å². The van der Waals surface area contributed by atoms with Crippen LogP contribution in [0, 0.1) is 0 Å². The van der Waals surface area contributed by atoms with E-state index in [1.807, 2.05) is 42.5 Å². The third-order valence-electron chi connectivity index (χ3n) is 8.77. The monoisotopic (exact) mass is 734 g/mol. The molecule has 0 bridgehead atoms. The lowest BCUT2D eigenvalue weighted by molar-refractivity contribution is -0.157. The standard InChI is InChI=1S/C36H36Cl2N6O5S/c1-3-17-42(36(47)39-20-25-13-16-30(37)31(38)18-25)43-23-34(45)44-32(19-24-11-14-28(15-12-24)40-50(2,48)49)35(46)41(22-33(43)44)21-27-9-6-8-26-7-4-5-10-29(26)27/h3-16,18,32-33,40H,1,17,19-23H2,2H3,(H,39,47)/t32-,33+/m0/s1. The van der Waals surface area contributed by atoms with Crippen LogP contribution in [0.5, 0.6) is 0 Å². The molecule has 2 saturated heterocycles. The number of fused-ring (bicyclic) bond motifs is 2. The molecular weight excluding hydrogens is 699 g/mol. The van der Waals surface area contributed by atoms with Crippen LogP contribution in [0.25, 0.3) is 10.8 Å². The highest BCUT2D eigenvalue weighted by Gasteiger charge is 2.52. The van der Waals surface area contributed by atoms with Crippen molar-refractivity contribution >= 4 is 67.5 Å². The number of anilines is 1. The molecule has 4 aromatic rings. The van der Waals surface area contributed by atoms with Crippen molar-refractivity contribution in [1.29, 1.82) is 0 Å². The summed E-state index contributed by atoms with van der Waals surface area (Å²) in [5.74, 6) is -0.512. The number of urea groups is 1. The van der Waals surface area contributed by atoms with Crippen molar-refractivity contribution in [2.24, 2.45) is 0 Å². The van der Waals surface area contributed by atoms with Crippen molar-refractivity contribution in [1.82, 2.24) is 25.1 Å². The molecule has 0 unspecified atom stereocenters. The molecule has 50 heavy (non-hydrogen) atoms. The van der Waals surface area contributed by atoms with Crippen molar-refractivity contribution in [3.05, 3.63) is 124 Å². The lowest BCUT2D eigenvalue weighted by Crippen LogP contribution is -2.66. The summed E-state index contributed by atoms with van der Waals surface area (Å²) < 4.78 is 25.9. The molecule has 0 aliphatic carbocycles. The smallest absolute Gasteiger partial charge is 0.332 e. The topological polar surface area (TPSA) is 122 Å². The molecular formula is C36H36Cl2N6O5S. The molecule has 2 atom stereocenters. The Kier molecular flexibility index (Phi) is 10.4. The predicted molar refractivity (Wildman–Crippen MR) is 195 cm³/mol. The third kappa shape index (κ3) is 7.73. The number of hydrogen-bond acceptors (Lipinski definition) is 6. The van der Waals surface area contributed by atoms with Gasteiger partial charge in [-0.05, 0) is 51.7 Å². The van der Waals surface area contributed by atoms with Gasteiger partial charge < -0.3 is 15.1 Å². The molecule has 2 aliphatic heterocycles. The van der Waals surface area contributed by atoms with E-state index in [0.717, 1.165) is 33.7 Å². The molecule has 0 radical (unpaired) electrons. The molecule has 0 aromatic heterocycles. The normalized spacial score (nSPS) is 17.9. The average Bonchev–Trinajstić information content (AvgIpc) is 3.41. The first kappa shape index (κ1) is 35.2. The molecule has 4 amide bonds. The fraction of sp³-hybridized carbons (Fsp3) is 0.250. The number of sulfonamides is 1. The third-order valence-corrected chi connectivity index (χ3v) is 10.1. The Labute approximate surface area is 301 Å². The number of carbonyl (C=O) groups excluding carboxylic acids is 3. The quantitative estimate of drug-likeness (QED) is 0.203. The summed E-state index contributed by atoms with van der Waals surface area (Å²) in [6.45, 7) is 4.46. The maximum Gasteiger partial charge on any atom is 0.332 e. The highest BCUT2D eigenvalue weighted by molar-refractivity contribution is 7.92. The largest absolute Gasteiger partial charge is 0.333 e. The average molecular weight is 736 g/mol. The van der Waals surface area contributed by atoms with Gasteiger partial charge in [-0.1, -0.05) is 89.9 Å². The Bertz CT molecular complexity index is 2060. The molecule has 0 spiro atoms. The Balaban J connectivity index is 1.31. The highest BCUT2D eigenvalue weighted by Crippen LogP contribution is 2.32. The molecule has 260 valence electrons. The van der Waals surface area contributed by atoms with Crippen LogP contribution in [-0.4, -0.2) is 84.2 Å². The van der Waals surface area contributed by atoms with Gasteiger partial charge in [-0.25, -0.2) is 13.2 Å². The second-order valence-corrected chi connectivity index (χ2v) is 14.9. The van der Waals surface area contributed by atoms with Gasteiger partial charge in [0.25, 0.3) is 0 Å². The van der Waals surface area contributed by atoms with Crippen molar-refractivity contribution < 1.29 is 22.8 Å². The first-order chi connectivity index (χ1) is 23.9. The van der Waals surface area contributed by atoms with Crippen molar-refractivity contribution in [3.63, 3.8) is 0 Å². The summed E-state index contributed by atoms with van der Waals surface area (Å²) in [4.78, 5) is 45.2. The summed E-state index contributed by atoms with van der Waals surface area (Å²) in [5.41, 5.74) is 2.82. The number of carbonyl (C=O) groups is 3. The van der Waals surface area contributed by atoms with Gasteiger partial charge in [-0.3, -0.25) is 19.3 Å². The van der Waals surface area contributed by atoms with E-state index in [-0.39, 0.29) is 44.4 Å². The zero-order chi connectivity index (χ0) is 35.6. The van der Waals surface area contributed by atoms with Gasteiger partial charge in [-0.15, -0.1) is 6.58 Å². The summed E-state index contributed by atoms with van der Waals surface area (Å²) >= 11 is 12.2. The molecule has 11 nitrogen and oxygen atoms in total. The Morgan fingerprint density at radius 2 is 1.70 bits per heavy atom. The second-order valence-electron chi connectivity index (χ2n) is 12.3. The van der Waals surface area contributed by atoms with Crippen LogP contribution in [0.2, 0.25) is 10.0 Å². The fourth-order valence-electron chi connectivity index (χ4n) is 6.52. The molecule has 2 aliphatic rings. The Morgan fingerprint density at radius 1 is 0.980 bits per heavy atom. The van der Waals surface area contributed by atoms with Crippen LogP contribution in [-0.2, 0) is 39.1 Å². The molecule has 2 heterocycles. The second kappa shape index (κ2) is 14.7. The predicted octanol–water partition coefficient (Wildman–Crippen LogP) is 5.25. The molecule has 4 aromatic carbocycles. The summed E-state index contributed by atoms with van der Waals surface area (Å²) in [6, 6.07) is 24.4. The minimum absolute atomic E-state index is 0.113. The summed E-state index contributed by atoms with van der Waals surface area (Å²) in [6.07, 6.45) is 2.19. The fourth-order valence-corrected chi connectivity index (χ4v) is 7.40. The molecule has 14 heteroatoms. The van der Waals surface area contributed by atoms with Gasteiger partial charge in [0.1, 0.15) is 12.2 Å². The van der Waals surface area contributed by atoms with E-state index in [0.29, 0.717) is 22.3 Å². The Morgan fingerprint density at radius 3 is 2.42 bits per heavy atom. The summed E-state index contributed by atoms with van der Waals surface area (Å²) in [5, 5.41) is 8.89.